The zero-order valence-corrected chi connectivity index (χ0v) is 11.6. The molecule has 1 heterocycles. The zero-order valence-electron chi connectivity index (χ0n) is 11.6. The lowest BCUT2D eigenvalue weighted by Gasteiger charge is -2.06. The Kier molecular flexibility index (Phi) is 3.56. The molecule has 1 N–H and O–H groups in total. The summed E-state index contributed by atoms with van der Waals surface area (Å²) in [6, 6.07) is 11.2. The molecule has 0 saturated carbocycles. The first-order valence-corrected chi connectivity index (χ1v) is 6.82. The number of aromatic nitrogens is 2. The minimum atomic E-state index is -0.476. The number of anilines is 1. The molecule has 0 fully saturated rings. The first-order valence-electron chi connectivity index (χ1n) is 6.82. The highest BCUT2D eigenvalue weighted by molar-refractivity contribution is 5.82. The molecule has 3 nitrogen and oxygen atoms in total. The van der Waals surface area contributed by atoms with Crippen LogP contribution < -0.4 is 5.32 Å². The van der Waals surface area contributed by atoms with Crippen molar-refractivity contribution in [3.8, 4) is 0 Å². The van der Waals surface area contributed by atoms with E-state index in [2.05, 4.69) is 10.4 Å². The SMILES string of the molecule is CCn1nc(CNc2cc(F)ccc2F)c2ccccc21. The Labute approximate surface area is 121 Å². The van der Waals surface area contributed by atoms with Crippen LogP contribution in [0.3, 0.4) is 0 Å². The Morgan fingerprint density at radius 2 is 1.95 bits per heavy atom. The molecular weight excluding hydrogens is 272 g/mol. The van der Waals surface area contributed by atoms with Crippen molar-refractivity contribution in [3.05, 3.63) is 59.8 Å². The van der Waals surface area contributed by atoms with Gasteiger partial charge in [0.1, 0.15) is 11.6 Å². The summed E-state index contributed by atoms with van der Waals surface area (Å²) in [4.78, 5) is 0. The van der Waals surface area contributed by atoms with E-state index in [1.165, 1.54) is 0 Å². The molecule has 5 heteroatoms. The van der Waals surface area contributed by atoms with Crippen molar-refractivity contribution in [1.29, 1.82) is 0 Å². The van der Waals surface area contributed by atoms with Gasteiger partial charge >= 0.3 is 0 Å². The molecule has 0 saturated heterocycles. The first-order chi connectivity index (χ1) is 10.2. The van der Waals surface area contributed by atoms with Gasteiger partial charge in [-0.25, -0.2) is 8.78 Å². The molecule has 0 radical (unpaired) electrons. The lowest BCUT2D eigenvalue weighted by atomic mass is 10.2. The summed E-state index contributed by atoms with van der Waals surface area (Å²) in [5.74, 6) is -0.946. The van der Waals surface area contributed by atoms with E-state index in [9.17, 15) is 8.78 Å². The molecule has 108 valence electrons. The van der Waals surface area contributed by atoms with Gasteiger partial charge in [-0.3, -0.25) is 4.68 Å². The third-order valence-electron chi connectivity index (χ3n) is 3.41. The topological polar surface area (TPSA) is 29.9 Å². The summed E-state index contributed by atoms with van der Waals surface area (Å²) in [7, 11) is 0. The van der Waals surface area contributed by atoms with E-state index in [-0.39, 0.29) is 5.69 Å². The van der Waals surface area contributed by atoms with Crippen molar-refractivity contribution in [2.24, 2.45) is 0 Å². The van der Waals surface area contributed by atoms with Gasteiger partial charge in [-0.2, -0.15) is 5.10 Å². The molecule has 3 rings (SSSR count). The van der Waals surface area contributed by atoms with Crippen LogP contribution in [0.15, 0.2) is 42.5 Å². The van der Waals surface area contributed by atoms with Gasteiger partial charge in [0.15, 0.2) is 0 Å². The summed E-state index contributed by atoms with van der Waals surface area (Å²) >= 11 is 0. The molecule has 3 aromatic rings. The van der Waals surface area contributed by atoms with Crippen LogP contribution in [-0.2, 0) is 13.1 Å². The fourth-order valence-electron chi connectivity index (χ4n) is 2.38. The lowest BCUT2D eigenvalue weighted by Crippen LogP contribution is -2.04. The van der Waals surface area contributed by atoms with E-state index in [1.807, 2.05) is 35.9 Å². The maximum Gasteiger partial charge on any atom is 0.146 e. The fraction of sp³-hybridized carbons (Fsp3) is 0.188. The smallest absolute Gasteiger partial charge is 0.146 e. The van der Waals surface area contributed by atoms with Crippen LogP contribution in [0.5, 0.6) is 0 Å². The summed E-state index contributed by atoms with van der Waals surface area (Å²) < 4.78 is 28.7. The van der Waals surface area contributed by atoms with Crippen molar-refractivity contribution in [2.45, 2.75) is 20.0 Å². The molecule has 0 aliphatic rings. The Bertz CT molecular complexity index is 780. The number of halogens is 2. The highest BCUT2D eigenvalue weighted by Crippen LogP contribution is 2.21. The second kappa shape index (κ2) is 5.52. The predicted molar refractivity (Wildman–Crippen MR) is 79.1 cm³/mol. The minimum Gasteiger partial charge on any atom is -0.377 e. The van der Waals surface area contributed by atoms with Crippen molar-refractivity contribution in [3.63, 3.8) is 0 Å². The van der Waals surface area contributed by atoms with Crippen LogP contribution in [0, 0.1) is 11.6 Å². The van der Waals surface area contributed by atoms with E-state index < -0.39 is 11.6 Å². The summed E-state index contributed by atoms with van der Waals surface area (Å²) in [6.07, 6.45) is 0. The third kappa shape index (κ3) is 2.59. The summed E-state index contributed by atoms with van der Waals surface area (Å²) in [5.41, 5.74) is 2.00. The Morgan fingerprint density at radius 3 is 2.76 bits per heavy atom. The Hall–Kier alpha value is -2.43. The number of benzene rings is 2. The van der Waals surface area contributed by atoms with Crippen LogP contribution in [0.2, 0.25) is 0 Å². The van der Waals surface area contributed by atoms with E-state index in [1.54, 1.807) is 0 Å². The van der Waals surface area contributed by atoms with Gasteiger partial charge in [-0.05, 0) is 31.2 Å². The normalized spacial score (nSPS) is 11.0. The van der Waals surface area contributed by atoms with Gasteiger partial charge < -0.3 is 5.32 Å². The molecule has 0 aliphatic carbocycles. The monoisotopic (exact) mass is 287 g/mol. The molecule has 0 aliphatic heterocycles. The standard InChI is InChI=1S/C16H15F2N3/c1-2-21-16-6-4-3-5-12(16)15(20-21)10-19-14-9-11(17)7-8-13(14)18/h3-9,19H,2,10H2,1H3. The molecule has 0 amide bonds. The van der Waals surface area contributed by atoms with Crippen LogP contribution >= 0.6 is 0 Å². The quantitative estimate of drug-likeness (QED) is 0.787. The maximum absolute atomic E-state index is 13.6. The van der Waals surface area contributed by atoms with Gasteiger partial charge in [-0.1, -0.05) is 18.2 Å². The predicted octanol–water partition coefficient (Wildman–Crippen LogP) is 3.95. The number of nitrogens with zero attached hydrogens (tertiary/aromatic N) is 2. The van der Waals surface area contributed by atoms with Crippen molar-refractivity contribution in [1.82, 2.24) is 9.78 Å². The number of nitrogens with one attached hydrogen (secondary N) is 1. The molecule has 21 heavy (non-hydrogen) atoms. The van der Waals surface area contributed by atoms with Crippen molar-refractivity contribution >= 4 is 16.6 Å². The number of hydrogen-bond donors (Lipinski definition) is 1. The van der Waals surface area contributed by atoms with Crippen LogP contribution in [0.1, 0.15) is 12.6 Å². The van der Waals surface area contributed by atoms with Gasteiger partial charge in [0.05, 0.1) is 23.4 Å². The fourth-order valence-corrected chi connectivity index (χ4v) is 2.38. The largest absolute Gasteiger partial charge is 0.377 e. The van der Waals surface area contributed by atoms with Crippen molar-refractivity contribution < 1.29 is 8.78 Å². The highest BCUT2D eigenvalue weighted by Gasteiger charge is 2.10. The third-order valence-corrected chi connectivity index (χ3v) is 3.41. The average Bonchev–Trinajstić information content (AvgIpc) is 2.86. The van der Waals surface area contributed by atoms with Gasteiger partial charge in [0.25, 0.3) is 0 Å². The number of rotatable bonds is 4. The second-order valence-electron chi connectivity index (χ2n) is 4.76. The molecule has 0 bridgehead atoms. The van der Waals surface area contributed by atoms with Gasteiger partial charge in [-0.15, -0.1) is 0 Å². The molecule has 2 aromatic carbocycles. The van der Waals surface area contributed by atoms with E-state index in [0.29, 0.717) is 6.54 Å². The van der Waals surface area contributed by atoms with Crippen molar-refractivity contribution in [2.75, 3.05) is 5.32 Å². The van der Waals surface area contributed by atoms with Gasteiger partial charge in [0, 0.05) is 11.9 Å². The lowest BCUT2D eigenvalue weighted by molar-refractivity contribution is 0.602. The Balaban J connectivity index is 1.90. The first kappa shape index (κ1) is 13.5. The second-order valence-corrected chi connectivity index (χ2v) is 4.76. The van der Waals surface area contributed by atoms with Crippen LogP contribution in [0.4, 0.5) is 14.5 Å². The zero-order chi connectivity index (χ0) is 14.8. The average molecular weight is 287 g/mol. The molecule has 0 spiro atoms. The molecule has 1 aromatic heterocycles. The summed E-state index contributed by atoms with van der Waals surface area (Å²) in [5, 5.41) is 8.44. The molecule has 0 unspecified atom stereocenters. The van der Waals surface area contributed by atoms with Crippen LogP contribution in [-0.4, -0.2) is 9.78 Å². The number of aryl methyl sites for hydroxylation is 1. The molecular formula is C16H15F2N3. The van der Waals surface area contributed by atoms with E-state index in [4.69, 9.17) is 0 Å². The van der Waals surface area contributed by atoms with E-state index in [0.717, 1.165) is 41.3 Å². The maximum atomic E-state index is 13.6. The highest BCUT2D eigenvalue weighted by atomic mass is 19.1. The van der Waals surface area contributed by atoms with Gasteiger partial charge in [0.2, 0.25) is 0 Å². The minimum absolute atomic E-state index is 0.144. The number of hydrogen-bond acceptors (Lipinski definition) is 2. The van der Waals surface area contributed by atoms with E-state index >= 15 is 0 Å². The number of fused-ring (bicyclic) bond motifs is 1. The molecule has 0 atom stereocenters. The van der Waals surface area contributed by atoms with Crippen LogP contribution in [0.25, 0.3) is 10.9 Å². The number of para-hydroxylation sites is 1. The Morgan fingerprint density at radius 1 is 1.14 bits per heavy atom. The summed E-state index contributed by atoms with van der Waals surface area (Å²) in [6.45, 7) is 3.12.